The van der Waals surface area contributed by atoms with Gasteiger partial charge in [0.05, 0.1) is 17.8 Å². The van der Waals surface area contributed by atoms with E-state index in [0.29, 0.717) is 13.0 Å². The zero-order chi connectivity index (χ0) is 17.9. The fourth-order valence-corrected chi connectivity index (χ4v) is 1.65. The van der Waals surface area contributed by atoms with Crippen LogP contribution in [0, 0.1) is 0 Å². The van der Waals surface area contributed by atoms with Gasteiger partial charge in [-0.05, 0) is 54.4 Å². The first-order valence-electron chi connectivity index (χ1n) is 8.39. The third-order valence-electron chi connectivity index (χ3n) is 2.69. The highest BCUT2D eigenvalue weighted by molar-refractivity contribution is 5.72. The highest BCUT2D eigenvalue weighted by Gasteiger charge is 2.22. The maximum absolute atomic E-state index is 11.1. The van der Waals surface area contributed by atoms with E-state index in [0.717, 1.165) is 32.1 Å². The number of rotatable bonds is 12. The Labute approximate surface area is 140 Å². The zero-order valence-electron chi connectivity index (χ0n) is 15.5. The van der Waals surface area contributed by atoms with Crippen LogP contribution in [-0.2, 0) is 24.3 Å². The van der Waals surface area contributed by atoms with Crippen LogP contribution in [0.3, 0.4) is 0 Å². The fraction of sp³-hybridized carbons (Fsp3) is 0.941. The topological polar surface area (TPSA) is 74.2 Å². The van der Waals surface area contributed by atoms with E-state index in [2.05, 4.69) is 0 Å². The van der Waals surface area contributed by atoms with Gasteiger partial charge in [0.15, 0.2) is 6.10 Å². The second-order valence-corrected chi connectivity index (χ2v) is 7.69. The fourth-order valence-electron chi connectivity index (χ4n) is 1.65. The van der Waals surface area contributed by atoms with E-state index in [4.69, 9.17) is 24.7 Å². The van der Waals surface area contributed by atoms with Crippen LogP contribution in [0.15, 0.2) is 0 Å². The number of unbranched alkanes of at least 4 members (excludes halogenated alkanes) is 4. The average molecular weight is 334 g/mol. The van der Waals surface area contributed by atoms with Crippen molar-refractivity contribution in [3.63, 3.8) is 0 Å². The molecule has 0 aliphatic heterocycles. The minimum absolute atomic E-state index is 0.277. The van der Waals surface area contributed by atoms with Crippen LogP contribution in [0.25, 0.3) is 0 Å². The van der Waals surface area contributed by atoms with Crippen molar-refractivity contribution in [1.82, 2.24) is 0 Å². The van der Waals surface area contributed by atoms with Crippen molar-refractivity contribution in [2.75, 3.05) is 6.61 Å². The minimum Gasteiger partial charge on any atom is -0.479 e. The molecule has 0 bridgehead atoms. The summed E-state index contributed by atoms with van der Waals surface area (Å²) in [5, 5.41) is 9.10. The number of aliphatic carboxylic acids is 1. The van der Waals surface area contributed by atoms with Gasteiger partial charge in [-0.25, -0.2) is 24.3 Å². The normalized spacial score (nSPS) is 14.0. The lowest BCUT2D eigenvalue weighted by atomic mass is 10.1. The van der Waals surface area contributed by atoms with Gasteiger partial charge in [-0.15, -0.1) is 0 Å². The van der Waals surface area contributed by atoms with Crippen molar-refractivity contribution in [2.24, 2.45) is 0 Å². The summed E-state index contributed by atoms with van der Waals surface area (Å²) < 4.78 is 0. The maximum Gasteiger partial charge on any atom is 0.336 e. The summed E-state index contributed by atoms with van der Waals surface area (Å²) in [5.74, 6) is -0.984. The van der Waals surface area contributed by atoms with Gasteiger partial charge in [0.25, 0.3) is 0 Å². The molecule has 0 saturated carbocycles. The second kappa shape index (κ2) is 11.0. The Bertz CT molecular complexity index is 316. The SMILES string of the molecule is CC(C)(C)OOCCCCCCCC(OOC(C)(C)C)C(=O)O. The van der Waals surface area contributed by atoms with Crippen molar-refractivity contribution < 1.29 is 29.5 Å². The van der Waals surface area contributed by atoms with E-state index >= 15 is 0 Å². The second-order valence-electron chi connectivity index (χ2n) is 7.69. The Balaban J connectivity index is 3.62. The number of carbonyl (C=O) groups is 1. The molecule has 1 atom stereocenters. The molecule has 0 fully saturated rings. The summed E-state index contributed by atoms with van der Waals surface area (Å²) in [4.78, 5) is 31.5. The number of carboxylic acids is 1. The van der Waals surface area contributed by atoms with Gasteiger partial charge in [0.1, 0.15) is 0 Å². The molecule has 138 valence electrons. The molecule has 1 unspecified atom stereocenters. The van der Waals surface area contributed by atoms with Crippen molar-refractivity contribution >= 4 is 5.97 Å². The van der Waals surface area contributed by atoms with Crippen LogP contribution in [-0.4, -0.2) is 35.0 Å². The lowest BCUT2D eigenvalue weighted by Crippen LogP contribution is -2.29. The van der Waals surface area contributed by atoms with Crippen LogP contribution in [0.1, 0.15) is 80.1 Å². The summed E-state index contributed by atoms with van der Waals surface area (Å²) in [7, 11) is 0. The van der Waals surface area contributed by atoms with E-state index in [-0.39, 0.29) is 5.60 Å². The molecular formula is C17H34O6. The largest absolute Gasteiger partial charge is 0.479 e. The lowest BCUT2D eigenvalue weighted by molar-refractivity contribution is -0.368. The quantitative estimate of drug-likeness (QED) is 0.326. The standard InChI is InChI=1S/C17H34O6/c1-16(2,3)22-20-13-11-9-7-8-10-12-14(15(18)19)21-23-17(4,5)6/h14H,7-13H2,1-6H3,(H,18,19). The smallest absolute Gasteiger partial charge is 0.336 e. The zero-order valence-corrected chi connectivity index (χ0v) is 15.5. The van der Waals surface area contributed by atoms with Gasteiger partial charge >= 0.3 is 5.97 Å². The average Bonchev–Trinajstić information content (AvgIpc) is 2.37. The first-order valence-corrected chi connectivity index (χ1v) is 8.39. The molecule has 0 amide bonds. The van der Waals surface area contributed by atoms with Crippen molar-refractivity contribution in [2.45, 2.75) is 97.4 Å². The number of carboxylic acid groups (broad SMARTS) is 1. The van der Waals surface area contributed by atoms with Gasteiger partial charge < -0.3 is 5.11 Å². The Hall–Kier alpha value is -0.690. The summed E-state index contributed by atoms with van der Waals surface area (Å²) >= 11 is 0. The molecule has 0 spiro atoms. The van der Waals surface area contributed by atoms with Crippen LogP contribution >= 0.6 is 0 Å². The first-order chi connectivity index (χ1) is 10.5. The summed E-state index contributed by atoms with van der Waals surface area (Å²) in [6.07, 6.45) is 4.30. The maximum atomic E-state index is 11.1. The molecule has 0 heterocycles. The monoisotopic (exact) mass is 334 g/mol. The van der Waals surface area contributed by atoms with E-state index in [1.165, 1.54) is 0 Å². The molecule has 0 aromatic carbocycles. The van der Waals surface area contributed by atoms with Crippen LogP contribution in [0.4, 0.5) is 0 Å². The molecule has 0 aliphatic rings. The van der Waals surface area contributed by atoms with Crippen LogP contribution in [0.2, 0.25) is 0 Å². The lowest BCUT2D eigenvalue weighted by Gasteiger charge is -2.21. The van der Waals surface area contributed by atoms with Crippen LogP contribution < -0.4 is 0 Å². The molecule has 0 aromatic rings. The molecule has 23 heavy (non-hydrogen) atoms. The third-order valence-corrected chi connectivity index (χ3v) is 2.69. The first kappa shape index (κ1) is 22.3. The van der Waals surface area contributed by atoms with E-state index in [1.54, 1.807) is 0 Å². The highest BCUT2D eigenvalue weighted by Crippen LogP contribution is 2.14. The van der Waals surface area contributed by atoms with Crippen molar-refractivity contribution in [3.8, 4) is 0 Å². The molecular weight excluding hydrogens is 300 g/mol. The van der Waals surface area contributed by atoms with Gasteiger partial charge in [0.2, 0.25) is 0 Å². The predicted molar refractivity (Wildman–Crippen MR) is 87.8 cm³/mol. The summed E-state index contributed by atoms with van der Waals surface area (Å²) in [5.41, 5.74) is -0.788. The molecule has 6 nitrogen and oxygen atoms in total. The number of hydrogen-bond acceptors (Lipinski definition) is 5. The molecule has 0 aliphatic carbocycles. The molecule has 0 radical (unpaired) electrons. The van der Waals surface area contributed by atoms with Crippen LogP contribution in [0.5, 0.6) is 0 Å². The van der Waals surface area contributed by atoms with Gasteiger partial charge in [-0.1, -0.05) is 25.7 Å². The van der Waals surface area contributed by atoms with Gasteiger partial charge in [-0.3, -0.25) is 0 Å². The summed E-state index contributed by atoms with van der Waals surface area (Å²) in [6.45, 7) is 11.9. The third kappa shape index (κ3) is 16.0. The Morgan fingerprint density at radius 2 is 1.39 bits per heavy atom. The Morgan fingerprint density at radius 1 is 0.870 bits per heavy atom. The predicted octanol–water partition coefficient (Wildman–Crippen LogP) is 4.27. The van der Waals surface area contributed by atoms with E-state index in [9.17, 15) is 4.79 Å². The molecule has 1 N–H and O–H groups in total. The van der Waals surface area contributed by atoms with Crippen molar-refractivity contribution in [3.05, 3.63) is 0 Å². The van der Waals surface area contributed by atoms with Gasteiger partial charge in [-0.2, -0.15) is 0 Å². The molecule has 0 saturated heterocycles. The summed E-state index contributed by atoms with van der Waals surface area (Å²) in [6, 6.07) is 0. The highest BCUT2D eigenvalue weighted by atomic mass is 17.2. The molecule has 0 rings (SSSR count). The van der Waals surface area contributed by atoms with E-state index < -0.39 is 17.7 Å². The van der Waals surface area contributed by atoms with Crippen molar-refractivity contribution in [1.29, 1.82) is 0 Å². The molecule has 0 aromatic heterocycles. The number of hydrogen-bond donors (Lipinski definition) is 1. The minimum atomic E-state index is -0.984. The van der Waals surface area contributed by atoms with E-state index in [1.807, 2.05) is 41.5 Å². The Kier molecular flexibility index (Phi) is 10.6. The Morgan fingerprint density at radius 3 is 1.91 bits per heavy atom. The van der Waals surface area contributed by atoms with Gasteiger partial charge in [0, 0.05) is 0 Å². The molecule has 6 heteroatoms.